The number of nitrogens with one attached hydrogen (secondary N) is 1. The average Bonchev–Trinajstić information content (AvgIpc) is 3.58. The standard InChI is InChI=1S/C24H27N5OS/c30-22(25-19-11-13-20(14-12-19)28-15-5-2-6-16-28)17-31-24-26-23(18-9-10-18)29(27-24)21-7-3-1-4-8-21/h1,3-4,7-8,11-14,18H,2,5-6,9-10,15-17H2,(H,25,30). The zero-order chi connectivity index (χ0) is 21.0. The molecule has 6 nitrogen and oxygen atoms in total. The van der Waals surface area contributed by atoms with Crippen LogP contribution in [0.3, 0.4) is 0 Å². The number of thioether (sulfide) groups is 1. The van der Waals surface area contributed by atoms with Gasteiger partial charge in [0.05, 0.1) is 11.4 Å². The third kappa shape index (κ3) is 4.93. The van der Waals surface area contributed by atoms with Crippen molar-refractivity contribution in [1.29, 1.82) is 0 Å². The van der Waals surface area contributed by atoms with Crippen LogP contribution in [0.15, 0.2) is 59.8 Å². The summed E-state index contributed by atoms with van der Waals surface area (Å²) in [7, 11) is 0. The molecule has 31 heavy (non-hydrogen) atoms. The number of piperidine rings is 1. The normalized spacial score (nSPS) is 16.3. The van der Waals surface area contributed by atoms with Crippen molar-refractivity contribution in [2.24, 2.45) is 0 Å². The number of hydrogen-bond acceptors (Lipinski definition) is 5. The number of hydrogen-bond donors (Lipinski definition) is 1. The van der Waals surface area contributed by atoms with Gasteiger partial charge in [-0.3, -0.25) is 4.79 Å². The number of benzene rings is 2. The lowest BCUT2D eigenvalue weighted by atomic mass is 10.1. The Kier molecular flexibility index (Phi) is 5.93. The molecule has 1 aliphatic carbocycles. The molecule has 1 aliphatic heterocycles. The summed E-state index contributed by atoms with van der Waals surface area (Å²) in [6.07, 6.45) is 6.15. The van der Waals surface area contributed by atoms with E-state index in [2.05, 4.69) is 27.4 Å². The fourth-order valence-corrected chi connectivity index (χ4v) is 4.60. The highest BCUT2D eigenvalue weighted by Crippen LogP contribution is 2.40. The third-order valence-corrected chi connectivity index (χ3v) is 6.60. The van der Waals surface area contributed by atoms with E-state index in [9.17, 15) is 4.79 Å². The summed E-state index contributed by atoms with van der Waals surface area (Å²) in [4.78, 5) is 19.6. The van der Waals surface area contributed by atoms with Gasteiger partial charge in [0.2, 0.25) is 11.1 Å². The second kappa shape index (κ2) is 9.14. The van der Waals surface area contributed by atoms with E-state index in [0.29, 0.717) is 11.1 Å². The van der Waals surface area contributed by atoms with E-state index in [1.165, 1.54) is 36.7 Å². The van der Waals surface area contributed by atoms with Crippen molar-refractivity contribution in [2.45, 2.75) is 43.2 Å². The number of carbonyl (C=O) groups excluding carboxylic acids is 1. The lowest BCUT2D eigenvalue weighted by Gasteiger charge is -2.28. The van der Waals surface area contributed by atoms with Crippen molar-refractivity contribution in [1.82, 2.24) is 14.8 Å². The quantitative estimate of drug-likeness (QED) is 0.539. The van der Waals surface area contributed by atoms with Gasteiger partial charge in [0.1, 0.15) is 5.82 Å². The number of para-hydroxylation sites is 1. The lowest BCUT2D eigenvalue weighted by Crippen LogP contribution is -2.29. The largest absolute Gasteiger partial charge is 0.372 e. The van der Waals surface area contributed by atoms with Gasteiger partial charge in [0.15, 0.2) is 0 Å². The molecule has 7 heteroatoms. The van der Waals surface area contributed by atoms with E-state index in [-0.39, 0.29) is 11.7 Å². The molecule has 0 unspecified atom stereocenters. The van der Waals surface area contributed by atoms with Crippen molar-refractivity contribution >= 4 is 29.0 Å². The summed E-state index contributed by atoms with van der Waals surface area (Å²) >= 11 is 1.39. The monoisotopic (exact) mass is 433 g/mol. The van der Waals surface area contributed by atoms with Crippen LogP contribution >= 0.6 is 11.8 Å². The minimum absolute atomic E-state index is 0.0419. The molecular weight excluding hydrogens is 406 g/mol. The van der Waals surface area contributed by atoms with E-state index in [1.807, 2.05) is 47.1 Å². The maximum absolute atomic E-state index is 12.5. The van der Waals surface area contributed by atoms with Crippen LogP contribution in [-0.2, 0) is 4.79 Å². The van der Waals surface area contributed by atoms with Crippen molar-refractivity contribution < 1.29 is 4.79 Å². The van der Waals surface area contributed by atoms with Crippen LogP contribution in [0.2, 0.25) is 0 Å². The van der Waals surface area contributed by atoms with Crippen LogP contribution in [-0.4, -0.2) is 39.5 Å². The van der Waals surface area contributed by atoms with Crippen molar-refractivity contribution in [3.05, 3.63) is 60.4 Å². The minimum atomic E-state index is -0.0419. The second-order valence-corrected chi connectivity index (χ2v) is 9.15. The highest BCUT2D eigenvalue weighted by molar-refractivity contribution is 7.99. The molecule has 2 heterocycles. The molecule has 2 aromatic carbocycles. The first-order valence-electron chi connectivity index (χ1n) is 11.1. The zero-order valence-electron chi connectivity index (χ0n) is 17.5. The molecule has 3 aromatic rings. The lowest BCUT2D eigenvalue weighted by molar-refractivity contribution is -0.113. The number of rotatable bonds is 7. The first-order chi connectivity index (χ1) is 15.3. The Morgan fingerprint density at radius 3 is 2.42 bits per heavy atom. The van der Waals surface area contributed by atoms with Gasteiger partial charge >= 0.3 is 0 Å². The Bertz CT molecular complexity index is 1020. The summed E-state index contributed by atoms with van der Waals surface area (Å²) in [5, 5.41) is 8.31. The highest BCUT2D eigenvalue weighted by atomic mass is 32.2. The number of carbonyl (C=O) groups is 1. The molecule has 2 aliphatic rings. The van der Waals surface area contributed by atoms with E-state index in [4.69, 9.17) is 4.98 Å². The Morgan fingerprint density at radius 1 is 0.968 bits per heavy atom. The van der Waals surface area contributed by atoms with Crippen LogP contribution < -0.4 is 10.2 Å². The number of nitrogens with zero attached hydrogens (tertiary/aromatic N) is 4. The molecular formula is C24H27N5OS. The van der Waals surface area contributed by atoms with Crippen LogP contribution in [0, 0.1) is 0 Å². The minimum Gasteiger partial charge on any atom is -0.372 e. The van der Waals surface area contributed by atoms with Gasteiger partial charge in [-0.25, -0.2) is 9.67 Å². The van der Waals surface area contributed by atoms with Gasteiger partial charge in [-0.15, -0.1) is 5.10 Å². The molecule has 1 saturated carbocycles. The van der Waals surface area contributed by atoms with Gasteiger partial charge in [0.25, 0.3) is 0 Å². The molecule has 0 spiro atoms. The number of aromatic nitrogens is 3. The topological polar surface area (TPSA) is 63.1 Å². The maximum Gasteiger partial charge on any atom is 0.234 e. The van der Waals surface area contributed by atoms with Crippen molar-refractivity contribution in [2.75, 3.05) is 29.1 Å². The first-order valence-corrected chi connectivity index (χ1v) is 12.0. The predicted molar refractivity (Wildman–Crippen MR) is 125 cm³/mol. The molecule has 0 atom stereocenters. The van der Waals surface area contributed by atoms with Gasteiger partial charge < -0.3 is 10.2 Å². The highest BCUT2D eigenvalue weighted by Gasteiger charge is 2.30. The average molecular weight is 434 g/mol. The number of amides is 1. The van der Waals surface area contributed by atoms with Crippen LogP contribution in [0.5, 0.6) is 0 Å². The molecule has 0 radical (unpaired) electrons. The Morgan fingerprint density at radius 2 is 1.71 bits per heavy atom. The molecule has 1 saturated heterocycles. The molecule has 2 fully saturated rings. The van der Waals surface area contributed by atoms with Gasteiger partial charge in [-0.1, -0.05) is 30.0 Å². The van der Waals surface area contributed by atoms with Crippen molar-refractivity contribution in [3.63, 3.8) is 0 Å². The summed E-state index contributed by atoms with van der Waals surface area (Å²) in [6.45, 7) is 2.24. The predicted octanol–water partition coefficient (Wildman–Crippen LogP) is 4.87. The summed E-state index contributed by atoms with van der Waals surface area (Å²) < 4.78 is 1.93. The molecule has 1 aromatic heterocycles. The summed E-state index contributed by atoms with van der Waals surface area (Å²) in [5.74, 6) is 1.73. The van der Waals surface area contributed by atoms with Crippen molar-refractivity contribution in [3.8, 4) is 5.69 Å². The van der Waals surface area contributed by atoms with Gasteiger partial charge in [0, 0.05) is 30.4 Å². The smallest absolute Gasteiger partial charge is 0.234 e. The molecule has 5 rings (SSSR count). The van der Waals surface area contributed by atoms with E-state index >= 15 is 0 Å². The molecule has 160 valence electrons. The second-order valence-electron chi connectivity index (χ2n) is 8.21. The first kappa shape index (κ1) is 20.1. The molecule has 1 amide bonds. The number of anilines is 2. The maximum atomic E-state index is 12.5. The van der Waals surface area contributed by atoms with Gasteiger partial charge in [-0.2, -0.15) is 0 Å². The fraction of sp³-hybridized carbons (Fsp3) is 0.375. The Hall–Kier alpha value is -2.80. The van der Waals surface area contributed by atoms with Gasteiger partial charge in [-0.05, 0) is 68.5 Å². The third-order valence-electron chi connectivity index (χ3n) is 5.76. The zero-order valence-corrected chi connectivity index (χ0v) is 18.4. The fourth-order valence-electron chi connectivity index (χ4n) is 3.97. The Balaban J connectivity index is 1.19. The van der Waals surface area contributed by atoms with Crippen LogP contribution in [0.1, 0.15) is 43.8 Å². The van der Waals surface area contributed by atoms with Crippen LogP contribution in [0.4, 0.5) is 11.4 Å². The SMILES string of the molecule is O=C(CSc1nc(C2CC2)n(-c2ccccc2)n1)Nc1ccc(N2CCCCC2)cc1. The van der Waals surface area contributed by atoms with E-state index < -0.39 is 0 Å². The summed E-state index contributed by atoms with van der Waals surface area (Å²) in [6, 6.07) is 18.2. The molecule has 0 bridgehead atoms. The van der Waals surface area contributed by atoms with E-state index in [0.717, 1.165) is 43.1 Å². The summed E-state index contributed by atoms with van der Waals surface area (Å²) in [5.41, 5.74) is 3.07. The Labute approximate surface area is 187 Å². The van der Waals surface area contributed by atoms with Crippen LogP contribution in [0.25, 0.3) is 5.69 Å². The molecule has 1 N–H and O–H groups in total. The van der Waals surface area contributed by atoms with E-state index in [1.54, 1.807) is 0 Å².